The van der Waals surface area contributed by atoms with Crippen molar-refractivity contribution in [3.8, 4) is 0 Å². The number of hydrogen-bond donors (Lipinski definition) is 2. The zero-order valence-electron chi connectivity index (χ0n) is 18.2. The Morgan fingerprint density at radius 2 is 1.54 bits per heavy atom. The van der Waals surface area contributed by atoms with Crippen LogP contribution in [0.5, 0.6) is 0 Å². The maximum absolute atomic E-state index is 10.1. The third-order valence-electron chi connectivity index (χ3n) is 5.91. The lowest BCUT2D eigenvalue weighted by Crippen LogP contribution is -2.46. The summed E-state index contributed by atoms with van der Waals surface area (Å²) >= 11 is 0. The van der Waals surface area contributed by atoms with Crippen molar-refractivity contribution >= 4 is 0 Å². The fourth-order valence-corrected chi connectivity index (χ4v) is 4.27. The highest BCUT2D eigenvalue weighted by Crippen LogP contribution is 2.66. The van der Waals surface area contributed by atoms with Crippen molar-refractivity contribution in [2.24, 2.45) is 5.41 Å². The maximum Gasteiger partial charge on any atom is 0.121 e. The molecular formula is C25H36O3. The number of aliphatic hydroxyl groups excluding tert-OH is 2. The summed E-state index contributed by atoms with van der Waals surface area (Å²) in [6, 6.07) is 0. The molecule has 2 fully saturated rings. The Labute approximate surface area is 170 Å². The molecule has 0 aromatic heterocycles. The van der Waals surface area contributed by atoms with E-state index in [1.54, 1.807) is 0 Å². The minimum absolute atomic E-state index is 0.0828. The van der Waals surface area contributed by atoms with Gasteiger partial charge in [0.1, 0.15) is 11.2 Å². The summed E-state index contributed by atoms with van der Waals surface area (Å²) in [7, 11) is 0. The van der Waals surface area contributed by atoms with E-state index >= 15 is 0 Å². The van der Waals surface area contributed by atoms with Crippen LogP contribution in [0.25, 0.3) is 0 Å². The van der Waals surface area contributed by atoms with Crippen LogP contribution in [0.1, 0.15) is 54.4 Å². The first-order chi connectivity index (χ1) is 13.1. The van der Waals surface area contributed by atoms with Gasteiger partial charge in [0.2, 0.25) is 0 Å². The van der Waals surface area contributed by atoms with Crippen LogP contribution < -0.4 is 0 Å². The second kappa shape index (κ2) is 8.77. The Morgan fingerprint density at radius 1 is 0.929 bits per heavy atom. The molecule has 0 aromatic rings. The second-order valence-electron chi connectivity index (χ2n) is 9.08. The fourth-order valence-electron chi connectivity index (χ4n) is 4.27. The molecule has 2 aliphatic rings. The average Bonchev–Trinajstić information content (AvgIpc) is 3.22. The molecule has 3 unspecified atom stereocenters. The van der Waals surface area contributed by atoms with Gasteiger partial charge in [-0.25, -0.2) is 0 Å². The van der Waals surface area contributed by atoms with Crippen molar-refractivity contribution in [3.05, 3.63) is 71.4 Å². The molecule has 1 saturated heterocycles. The van der Waals surface area contributed by atoms with Crippen molar-refractivity contribution < 1.29 is 14.9 Å². The molecule has 3 nitrogen and oxygen atoms in total. The summed E-state index contributed by atoms with van der Waals surface area (Å²) in [5.74, 6) is 0. The summed E-state index contributed by atoms with van der Waals surface area (Å²) in [4.78, 5) is 0. The molecule has 0 amide bonds. The first-order valence-electron chi connectivity index (χ1n) is 10.1. The standard InChI is InChI=1S/C25H36O3/c1-19(10-7-8-11-21(3)18-26)12-9-13-20(2)14-15-25-23(4,5)16-22(27)17-24(25,6)28-25/h7-15,22,26-27H,16-18H2,1-6H3/b8-7+,12-9+,15-14+,19-10+,20-13+,21-11+. The average molecular weight is 385 g/mol. The molecule has 3 heteroatoms. The molecule has 1 heterocycles. The van der Waals surface area contributed by atoms with Crippen molar-refractivity contribution in [1.82, 2.24) is 0 Å². The van der Waals surface area contributed by atoms with Crippen molar-refractivity contribution in [2.75, 3.05) is 6.61 Å². The normalized spacial score (nSPS) is 33.9. The highest BCUT2D eigenvalue weighted by atomic mass is 16.6. The third-order valence-corrected chi connectivity index (χ3v) is 5.91. The molecule has 3 atom stereocenters. The van der Waals surface area contributed by atoms with Crippen LogP contribution in [-0.2, 0) is 4.74 Å². The first-order valence-corrected chi connectivity index (χ1v) is 10.1. The highest BCUT2D eigenvalue weighted by molar-refractivity contribution is 5.36. The molecule has 1 saturated carbocycles. The first kappa shape index (κ1) is 22.6. The number of allylic oxidation sites excluding steroid dienone is 10. The van der Waals surface area contributed by atoms with Gasteiger partial charge in [-0.15, -0.1) is 0 Å². The monoisotopic (exact) mass is 384 g/mol. The predicted octanol–water partition coefficient (Wildman–Crippen LogP) is 5.19. The molecule has 0 aromatic carbocycles. The molecule has 2 N–H and O–H groups in total. The van der Waals surface area contributed by atoms with Gasteiger partial charge in [-0.1, -0.05) is 73.6 Å². The van der Waals surface area contributed by atoms with Crippen LogP contribution in [0.15, 0.2) is 71.4 Å². The van der Waals surface area contributed by atoms with Crippen LogP contribution in [0, 0.1) is 5.41 Å². The highest BCUT2D eigenvalue weighted by Gasteiger charge is 2.74. The van der Waals surface area contributed by atoms with E-state index in [1.807, 2.05) is 31.2 Å². The van der Waals surface area contributed by atoms with Crippen LogP contribution in [0.2, 0.25) is 0 Å². The van der Waals surface area contributed by atoms with Gasteiger partial charge in [-0.2, -0.15) is 0 Å². The maximum atomic E-state index is 10.1. The SMILES string of the molecule is CC(/C=C/C=C(C)/C=C/C12OC1(C)CC(O)CC2(C)C)=C\C=C\C=C(/C)CO. The van der Waals surface area contributed by atoms with E-state index in [0.717, 1.165) is 23.1 Å². The van der Waals surface area contributed by atoms with Crippen molar-refractivity contribution in [2.45, 2.75) is 71.7 Å². The minimum Gasteiger partial charge on any atom is -0.393 e. The van der Waals surface area contributed by atoms with E-state index in [-0.39, 0.29) is 29.3 Å². The van der Waals surface area contributed by atoms with E-state index in [0.29, 0.717) is 6.42 Å². The fraction of sp³-hybridized carbons (Fsp3) is 0.520. The molecule has 28 heavy (non-hydrogen) atoms. The molecular weight excluding hydrogens is 348 g/mol. The van der Waals surface area contributed by atoms with Gasteiger partial charge >= 0.3 is 0 Å². The number of epoxide rings is 1. The number of fused-ring (bicyclic) bond motifs is 1. The summed E-state index contributed by atoms with van der Waals surface area (Å²) < 4.78 is 6.18. The molecule has 0 spiro atoms. The Kier molecular flexibility index (Phi) is 7.08. The summed E-state index contributed by atoms with van der Waals surface area (Å²) in [6.07, 6.45) is 19.6. The van der Waals surface area contributed by atoms with Crippen LogP contribution in [-0.4, -0.2) is 34.1 Å². The third kappa shape index (κ3) is 5.02. The van der Waals surface area contributed by atoms with Crippen molar-refractivity contribution in [1.29, 1.82) is 0 Å². The van der Waals surface area contributed by atoms with Gasteiger partial charge < -0.3 is 14.9 Å². The van der Waals surface area contributed by atoms with E-state index in [2.05, 4.69) is 65.0 Å². The molecule has 0 radical (unpaired) electrons. The van der Waals surface area contributed by atoms with Gasteiger partial charge in [0, 0.05) is 11.8 Å². The Hall–Kier alpha value is -1.68. The zero-order valence-corrected chi connectivity index (χ0v) is 18.2. The second-order valence-corrected chi connectivity index (χ2v) is 9.08. The van der Waals surface area contributed by atoms with Gasteiger partial charge in [0.25, 0.3) is 0 Å². The van der Waals surface area contributed by atoms with E-state index in [4.69, 9.17) is 9.84 Å². The number of rotatable bonds is 7. The zero-order chi connectivity index (χ0) is 21.0. The molecule has 154 valence electrons. The Balaban J connectivity index is 1.98. The van der Waals surface area contributed by atoms with E-state index in [9.17, 15) is 5.11 Å². The summed E-state index contributed by atoms with van der Waals surface area (Å²) in [6.45, 7) is 12.6. The summed E-state index contributed by atoms with van der Waals surface area (Å²) in [5, 5.41) is 19.1. The number of hydrogen-bond acceptors (Lipinski definition) is 3. The van der Waals surface area contributed by atoms with Crippen molar-refractivity contribution in [3.63, 3.8) is 0 Å². The van der Waals surface area contributed by atoms with E-state index in [1.165, 1.54) is 0 Å². The van der Waals surface area contributed by atoms with Crippen LogP contribution in [0.4, 0.5) is 0 Å². The smallest absolute Gasteiger partial charge is 0.121 e. The largest absolute Gasteiger partial charge is 0.393 e. The Bertz CT molecular complexity index is 748. The molecule has 2 rings (SSSR count). The van der Waals surface area contributed by atoms with Crippen LogP contribution in [0.3, 0.4) is 0 Å². The molecule has 1 aliphatic heterocycles. The Morgan fingerprint density at radius 3 is 2.18 bits per heavy atom. The lowest BCUT2D eigenvalue weighted by atomic mass is 9.63. The molecule has 0 bridgehead atoms. The lowest BCUT2D eigenvalue weighted by Gasteiger charge is -2.39. The van der Waals surface area contributed by atoms with Gasteiger partial charge in [0.15, 0.2) is 0 Å². The predicted molar refractivity (Wildman–Crippen MR) is 117 cm³/mol. The number of ether oxygens (including phenoxy) is 1. The summed E-state index contributed by atoms with van der Waals surface area (Å²) in [5.41, 5.74) is 2.64. The van der Waals surface area contributed by atoms with Gasteiger partial charge in [-0.3, -0.25) is 0 Å². The quantitative estimate of drug-likeness (QED) is 0.469. The lowest BCUT2D eigenvalue weighted by molar-refractivity contribution is 0.0515. The minimum atomic E-state index is -0.282. The number of aliphatic hydroxyl groups is 2. The molecule has 1 aliphatic carbocycles. The van der Waals surface area contributed by atoms with E-state index < -0.39 is 0 Å². The van der Waals surface area contributed by atoms with Gasteiger partial charge in [-0.05, 0) is 45.8 Å². The topological polar surface area (TPSA) is 53.0 Å². The van der Waals surface area contributed by atoms with Gasteiger partial charge in [0.05, 0.1) is 12.7 Å². The van der Waals surface area contributed by atoms with Crippen LogP contribution >= 0.6 is 0 Å².